The maximum atomic E-state index is 13.3. The number of rotatable bonds is 4. The number of hydrogen-bond acceptors (Lipinski definition) is 3. The molecule has 2 amide bonds. The van der Waals surface area contributed by atoms with Gasteiger partial charge in [0.15, 0.2) is 0 Å². The number of aromatic nitrogens is 1. The first-order valence-electron chi connectivity index (χ1n) is 7.92. The number of anilines is 1. The lowest BCUT2D eigenvalue weighted by molar-refractivity contribution is -0.127. The molecule has 7 heteroatoms. The van der Waals surface area contributed by atoms with Gasteiger partial charge in [-0.05, 0) is 23.8 Å². The second kappa shape index (κ2) is 6.88. The number of nitrogens with zero attached hydrogens (tertiary/aromatic N) is 2. The fraction of sp³-hybridized carbons (Fsp3) is 0.278. The monoisotopic (exact) mass is 343 g/mol. The van der Waals surface area contributed by atoms with Crippen molar-refractivity contribution in [3.05, 3.63) is 64.3 Å². The van der Waals surface area contributed by atoms with Crippen LogP contribution in [0, 0.1) is 11.7 Å². The highest BCUT2D eigenvalue weighted by Gasteiger charge is 2.32. The second-order valence-electron chi connectivity index (χ2n) is 6.18. The standard InChI is InChI=1S/C18H18FN3O3/c1-21-10-13(8-17(21)24)18(25)20-15-5-6-16(23)22(11-15)9-12-3-2-4-14(19)7-12/h2-7,11,13H,8-10H2,1H3,(H,20,25). The van der Waals surface area contributed by atoms with Gasteiger partial charge in [0.05, 0.1) is 18.2 Å². The second-order valence-corrected chi connectivity index (χ2v) is 6.18. The molecule has 1 unspecified atom stereocenters. The summed E-state index contributed by atoms with van der Waals surface area (Å²) in [7, 11) is 1.66. The summed E-state index contributed by atoms with van der Waals surface area (Å²) in [4.78, 5) is 37.3. The molecule has 0 aliphatic carbocycles. The number of nitrogens with one attached hydrogen (secondary N) is 1. The van der Waals surface area contributed by atoms with Crippen LogP contribution in [0.5, 0.6) is 0 Å². The lowest BCUT2D eigenvalue weighted by atomic mass is 10.1. The van der Waals surface area contributed by atoms with Gasteiger partial charge >= 0.3 is 0 Å². The van der Waals surface area contributed by atoms with Crippen molar-refractivity contribution >= 4 is 17.5 Å². The molecule has 0 spiro atoms. The minimum absolute atomic E-state index is 0.0591. The lowest BCUT2D eigenvalue weighted by Gasteiger charge is -2.13. The average molecular weight is 343 g/mol. The van der Waals surface area contributed by atoms with Crippen molar-refractivity contribution in [2.24, 2.45) is 5.92 Å². The van der Waals surface area contributed by atoms with Crippen LogP contribution in [-0.4, -0.2) is 34.9 Å². The number of hydrogen-bond donors (Lipinski definition) is 1. The van der Waals surface area contributed by atoms with E-state index in [0.29, 0.717) is 17.8 Å². The van der Waals surface area contributed by atoms with Crippen molar-refractivity contribution in [1.29, 1.82) is 0 Å². The third-order valence-electron chi connectivity index (χ3n) is 4.20. The van der Waals surface area contributed by atoms with Gasteiger partial charge in [-0.25, -0.2) is 4.39 Å². The van der Waals surface area contributed by atoms with E-state index in [9.17, 15) is 18.8 Å². The highest BCUT2D eigenvalue weighted by molar-refractivity contribution is 5.97. The van der Waals surface area contributed by atoms with E-state index in [0.717, 1.165) is 0 Å². The van der Waals surface area contributed by atoms with Crippen LogP contribution >= 0.6 is 0 Å². The van der Waals surface area contributed by atoms with E-state index in [1.54, 1.807) is 19.2 Å². The maximum Gasteiger partial charge on any atom is 0.250 e. The van der Waals surface area contributed by atoms with Gasteiger partial charge < -0.3 is 14.8 Å². The first kappa shape index (κ1) is 16.9. The molecule has 1 fully saturated rings. The van der Waals surface area contributed by atoms with Gasteiger partial charge in [0.2, 0.25) is 11.8 Å². The van der Waals surface area contributed by atoms with Crippen LogP contribution in [0.4, 0.5) is 10.1 Å². The minimum atomic E-state index is -0.402. The molecule has 1 aliphatic heterocycles. The maximum absolute atomic E-state index is 13.3. The van der Waals surface area contributed by atoms with E-state index in [4.69, 9.17) is 0 Å². The molecule has 1 saturated heterocycles. The summed E-state index contributed by atoms with van der Waals surface area (Å²) in [6, 6.07) is 8.86. The van der Waals surface area contributed by atoms with Crippen LogP contribution in [-0.2, 0) is 16.1 Å². The molecule has 3 rings (SSSR count). The third-order valence-corrected chi connectivity index (χ3v) is 4.20. The van der Waals surface area contributed by atoms with Gasteiger partial charge in [-0.2, -0.15) is 0 Å². The molecular formula is C18H18FN3O3. The Hall–Kier alpha value is -2.96. The molecule has 2 aromatic rings. The molecule has 6 nitrogen and oxygen atoms in total. The molecule has 1 N–H and O–H groups in total. The number of carbonyl (C=O) groups is 2. The Morgan fingerprint density at radius 1 is 1.28 bits per heavy atom. The van der Waals surface area contributed by atoms with Gasteiger partial charge in [0.25, 0.3) is 5.56 Å². The van der Waals surface area contributed by atoms with E-state index < -0.39 is 5.92 Å². The SMILES string of the molecule is CN1CC(C(=O)Nc2ccc(=O)n(Cc3cccc(F)c3)c2)CC1=O. The number of pyridine rings is 1. The highest BCUT2D eigenvalue weighted by Crippen LogP contribution is 2.18. The fourth-order valence-corrected chi connectivity index (χ4v) is 2.84. The topological polar surface area (TPSA) is 71.4 Å². The largest absolute Gasteiger partial charge is 0.345 e. The van der Waals surface area contributed by atoms with Crippen molar-refractivity contribution in [1.82, 2.24) is 9.47 Å². The van der Waals surface area contributed by atoms with Crippen LogP contribution in [0.15, 0.2) is 47.4 Å². The summed E-state index contributed by atoms with van der Waals surface area (Å²) in [5, 5.41) is 2.74. The number of carbonyl (C=O) groups excluding carboxylic acids is 2. The number of amides is 2. The summed E-state index contributed by atoms with van der Waals surface area (Å²) >= 11 is 0. The van der Waals surface area contributed by atoms with Crippen LogP contribution < -0.4 is 10.9 Å². The van der Waals surface area contributed by atoms with Gasteiger partial charge in [-0.3, -0.25) is 14.4 Å². The predicted molar refractivity (Wildman–Crippen MR) is 90.6 cm³/mol. The first-order chi connectivity index (χ1) is 11.9. The lowest BCUT2D eigenvalue weighted by Crippen LogP contribution is -2.27. The molecule has 25 heavy (non-hydrogen) atoms. The molecule has 1 aliphatic rings. The van der Waals surface area contributed by atoms with Crippen molar-refractivity contribution in [2.45, 2.75) is 13.0 Å². The summed E-state index contributed by atoms with van der Waals surface area (Å²) < 4.78 is 14.7. The fourth-order valence-electron chi connectivity index (χ4n) is 2.84. The molecule has 130 valence electrons. The summed E-state index contributed by atoms with van der Waals surface area (Å²) in [5.74, 6) is -1.09. The van der Waals surface area contributed by atoms with Crippen LogP contribution in [0.25, 0.3) is 0 Å². The van der Waals surface area contributed by atoms with E-state index in [-0.39, 0.29) is 36.2 Å². The normalized spacial score (nSPS) is 17.0. The molecule has 0 saturated carbocycles. The van der Waals surface area contributed by atoms with Gasteiger partial charge in [-0.1, -0.05) is 12.1 Å². The van der Waals surface area contributed by atoms with Gasteiger partial charge in [-0.15, -0.1) is 0 Å². The minimum Gasteiger partial charge on any atom is -0.345 e. The molecule has 2 heterocycles. The van der Waals surface area contributed by atoms with Gasteiger partial charge in [0.1, 0.15) is 5.82 Å². The van der Waals surface area contributed by atoms with Gasteiger partial charge in [0, 0.05) is 32.3 Å². The Morgan fingerprint density at radius 2 is 2.08 bits per heavy atom. The Bertz CT molecular complexity index is 878. The molecule has 1 aromatic carbocycles. The van der Waals surface area contributed by atoms with E-state index in [1.807, 2.05) is 0 Å². The third kappa shape index (κ3) is 3.93. The highest BCUT2D eigenvalue weighted by atomic mass is 19.1. The zero-order valence-corrected chi connectivity index (χ0v) is 13.7. The van der Waals surface area contributed by atoms with Crippen LogP contribution in [0.2, 0.25) is 0 Å². The predicted octanol–water partition coefficient (Wildman–Crippen LogP) is 1.45. The van der Waals surface area contributed by atoms with Crippen LogP contribution in [0.3, 0.4) is 0 Å². The summed E-state index contributed by atoms with van der Waals surface area (Å²) in [5.41, 5.74) is 0.856. The number of likely N-dealkylation sites (tertiary alicyclic amines) is 1. The smallest absolute Gasteiger partial charge is 0.250 e. The quantitative estimate of drug-likeness (QED) is 0.913. The van der Waals surface area contributed by atoms with E-state index in [1.165, 1.54) is 39.9 Å². The average Bonchev–Trinajstić information content (AvgIpc) is 2.90. The first-order valence-corrected chi connectivity index (χ1v) is 7.92. The van der Waals surface area contributed by atoms with Crippen LogP contribution in [0.1, 0.15) is 12.0 Å². The van der Waals surface area contributed by atoms with E-state index >= 15 is 0 Å². The van der Waals surface area contributed by atoms with E-state index in [2.05, 4.69) is 5.32 Å². The van der Waals surface area contributed by atoms with Crippen molar-refractivity contribution in [3.63, 3.8) is 0 Å². The molecule has 1 atom stereocenters. The van der Waals surface area contributed by atoms with Crippen molar-refractivity contribution in [3.8, 4) is 0 Å². The van der Waals surface area contributed by atoms with Crippen molar-refractivity contribution in [2.75, 3.05) is 18.9 Å². The Kier molecular flexibility index (Phi) is 4.65. The molecule has 0 bridgehead atoms. The summed E-state index contributed by atoms with van der Waals surface area (Å²) in [6.45, 7) is 0.582. The Labute approximate surface area is 143 Å². The number of benzene rings is 1. The molecular weight excluding hydrogens is 325 g/mol. The Balaban J connectivity index is 1.74. The summed E-state index contributed by atoms with van der Waals surface area (Å²) in [6.07, 6.45) is 1.71. The Morgan fingerprint density at radius 3 is 2.76 bits per heavy atom. The zero-order valence-electron chi connectivity index (χ0n) is 13.7. The zero-order chi connectivity index (χ0) is 18.0. The number of halogens is 1. The van der Waals surface area contributed by atoms with Crippen molar-refractivity contribution < 1.29 is 14.0 Å². The molecule has 1 aromatic heterocycles. The molecule has 0 radical (unpaired) electrons.